The minimum Gasteiger partial charge on any atom is -0.456 e. The smallest absolute Gasteiger partial charge is 0.456 e. The van der Waals surface area contributed by atoms with Crippen LogP contribution in [0.1, 0.15) is 355 Å². The van der Waals surface area contributed by atoms with Gasteiger partial charge in [-0.25, -0.2) is 4.57 Å². The molecule has 2 N–H and O–H groups in total. The number of hydrogen-bond donors (Lipinski definition) is 2. The van der Waals surface area contributed by atoms with Crippen LogP contribution in [0, 0.1) is 0 Å². The van der Waals surface area contributed by atoms with Gasteiger partial charge in [-0.3, -0.25) is 18.6 Å². The first kappa shape index (κ1) is 84.5. The Balaban J connectivity index is 4.95. The summed E-state index contributed by atoms with van der Waals surface area (Å²) in [5, 5.41) is 3.07. The van der Waals surface area contributed by atoms with E-state index >= 15 is 0 Å². The zero-order chi connectivity index (χ0) is 63.5. The van der Waals surface area contributed by atoms with Crippen molar-refractivity contribution in [2.45, 2.75) is 367 Å². The third kappa shape index (κ3) is 67.7. The summed E-state index contributed by atoms with van der Waals surface area (Å²) in [6.45, 7) is 6.93. The van der Waals surface area contributed by atoms with Gasteiger partial charge in [0.25, 0.3) is 0 Å². The fourth-order valence-corrected chi connectivity index (χ4v) is 11.7. The summed E-state index contributed by atoms with van der Waals surface area (Å²) in [4.78, 5) is 37.9. The van der Waals surface area contributed by atoms with E-state index < -0.39 is 20.0 Å². The molecule has 0 saturated heterocycles. The molecule has 0 aliphatic carbocycles. The number of quaternary nitrogens is 1. The van der Waals surface area contributed by atoms with Crippen LogP contribution in [0.15, 0.2) is 72.9 Å². The van der Waals surface area contributed by atoms with E-state index in [-0.39, 0.29) is 25.1 Å². The van der Waals surface area contributed by atoms with Crippen LogP contribution in [-0.4, -0.2) is 74.3 Å². The maximum Gasteiger partial charge on any atom is 0.472 e. The summed E-state index contributed by atoms with van der Waals surface area (Å²) in [5.41, 5.74) is 0. The first-order valence-corrected chi connectivity index (χ1v) is 38.8. The Morgan fingerprint density at radius 3 is 1.10 bits per heavy atom. The Hall–Kier alpha value is -2.55. The lowest BCUT2D eigenvalue weighted by Gasteiger charge is -2.27. The highest BCUT2D eigenvalue weighted by Gasteiger charge is 2.30. The maximum atomic E-state index is 13.6. The van der Waals surface area contributed by atoms with Crippen molar-refractivity contribution in [1.29, 1.82) is 0 Å². The highest BCUT2D eigenvalue weighted by atomic mass is 31.2. The van der Waals surface area contributed by atoms with Crippen molar-refractivity contribution >= 4 is 19.7 Å². The number of phosphoric acid groups is 1. The molecule has 0 aromatic rings. The topological polar surface area (TPSA) is 111 Å². The molecule has 508 valence electrons. The van der Waals surface area contributed by atoms with Crippen LogP contribution < -0.4 is 5.32 Å². The maximum absolute atomic E-state index is 13.6. The van der Waals surface area contributed by atoms with Crippen LogP contribution in [0.3, 0.4) is 0 Å². The quantitative estimate of drug-likeness (QED) is 0.0205. The number of phosphoric ester groups is 1. The third-order valence-electron chi connectivity index (χ3n) is 16.7. The molecule has 0 aromatic carbocycles. The number of amides is 1. The molecule has 0 spiro atoms. The molecular formula is C77H144N2O7P+. The summed E-state index contributed by atoms with van der Waals surface area (Å²) in [6.07, 6.45) is 87.9. The van der Waals surface area contributed by atoms with E-state index in [4.69, 9.17) is 13.8 Å². The molecule has 0 aromatic heterocycles. The van der Waals surface area contributed by atoms with Crippen molar-refractivity contribution in [1.82, 2.24) is 5.32 Å². The molecule has 0 rings (SSSR count). The van der Waals surface area contributed by atoms with Crippen molar-refractivity contribution in [3.63, 3.8) is 0 Å². The van der Waals surface area contributed by atoms with Gasteiger partial charge in [0.15, 0.2) is 0 Å². The van der Waals surface area contributed by atoms with Crippen LogP contribution in [0.5, 0.6) is 0 Å². The number of nitrogens with zero attached hydrogens (tertiary/aromatic N) is 1. The van der Waals surface area contributed by atoms with Gasteiger partial charge in [-0.15, -0.1) is 0 Å². The molecule has 0 saturated carbocycles. The normalized spacial score (nSPS) is 13.9. The molecular weight excluding hydrogens is 1100 g/mol. The largest absolute Gasteiger partial charge is 0.472 e. The number of unbranched alkanes of at least 4 members (excludes halogenated alkanes) is 42. The van der Waals surface area contributed by atoms with Gasteiger partial charge in [0, 0.05) is 12.8 Å². The monoisotopic (exact) mass is 1240 g/mol. The van der Waals surface area contributed by atoms with E-state index in [1.807, 2.05) is 33.3 Å². The fourth-order valence-electron chi connectivity index (χ4n) is 11.0. The second-order valence-electron chi connectivity index (χ2n) is 26.4. The van der Waals surface area contributed by atoms with Crippen LogP contribution in [0.4, 0.5) is 0 Å². The second-order valence-corrected chi connectivity index (χ2v) is 27.9. The number of carbonyl (C=O) groups excluding carboxylic acids is 2. The fraction of sp³-hybridized carbons (Fsp3) is 0.818. The van der Waals surface area contributed by atoms with E-state index in [1.54, 1.807) is 0 Å². The molecule has 1 amide bonds. The summed E-state index contributed by atoms with van der Waals surface area (Å²) >= 11 is 0. The van der Waals surface area contributed by atoms with Gasteiger partial charge in [-0.2, -0.15) is 0 Å². The lowest BCUT2D eigenvalue weighted by Crippen LogP contribution is -2.47. The molecule has 87 heavy (non-hydrogen) atoms. The van der Waals surface area contributed by atoms with Crippen molar-refractivity contribution in [3.8, 4) is 0 Å². The van der Waals surface area contributed by atoms with Gasteiger partial charge in [0.2, 0.25) is 5.91 Å². The first-order valence-electron chi connectivity index (χ1n) is 37.3. The molecule has 0 aliphatic heterocycles. The number of nitrogens with one attached hydrogen (secondary N) is 1. The van der Waals surface area contributed by atoms with Crippen molar-refractivity contribution < 1.29 is 37.3 Å². The van der Waals surface area contributed by atoms with Gasteiger partial charge in [-0.1, -0.05) is 338 Å². The van der Waals surface area contributed by atoms with Crippen LogP contribution in [0.2, 0.25) is 0 Å². The number of carbonyl (C=O) groups is 2. The average molecular weight is 1240 g/mol. The number of hydrogen-bond acceptors (Lipinski definition) is 6. The molecule has 9 nitrogen and oxygen atoms in total. The SMILES string of the molecule is CC/C=C\C/C=C\C/C=C\C/C=C\C/C=C\CCCCCCCCCC(=O)NC(COP(=O)(O)OCC[N+](C)(C)C)C(/C=C/CCCCCCCCCCC)OC(=O)CCCCCCCCCCCCCCCCCCCCCCCCCCCCC. The molecule has 10 heteroatoms. The van der Waals surface area contributed by atoms with Crippen molar-refractivity contribution in [3.05, 3.63) is 72.9 Å². The van der Waals surface area contributed by atoms with Gasteiger partial charge >= 0.3 is 13.8 Å². The minimum absolute atomic E-state index is 0.0370. The van der Waals surface area contributed by atoms with E-state index in [0.717, 1.165) is 103 Å². The Morgan fingerprint density at radius 2 is 0.736 bits per heavy atom. The van der Waals surface area contributed by atoms with E-state index in [2.05, 4.69) is 86.8 Å². The second kappa shape index (κ2) is 66.4. The standard InChI is InChI=1S/C77H143N2O7P/c1-7-10-13-16-19-22-25-27-29-31-33-35-37-38-39-40-42-44-46-48-50-52-55-58-61-64-67-70-77(81)86-75(68-65-62-59-56-53-24-21-18-15-12-9-3)74(73-85-87(82,83)84-72-71-79(4,5)6)78-76(80)69-66-63-60-57-54-51-49-47-45-43-41-36-34-32-30-28-26-23-20-17-14-11-8-2/h11,14,20,23,28,30,34,36,43,45,65,68,74-75H,7-10,12-13,15-19,21-22,24-27,29,31-33,35,37-42,44,46-64,66-67,69-73H2,1-6H3,(H-,78,80,82,83)/p+1/b14-11-,23-20-,30-28-,36-34-,45-43-,68-65+. The number of ether oxygens (including phenoxy) is 1. The molecule has 0 fully saturated rings. The van der Waals surface area contributed by atoms with Gasteiger partial charge in [0.1, 0.15) is 19.3 Å². The Bertz CT molecular complexity index is 1720. The van der Waals surface area contributed by atoms with E-state index in [9.17, 15) is 19.0 Å². The number of rotatable bonds is 68. The molecule has 0 bridgehead atoms. The Kier molecular flexibility index (Phi) is 64.4. The predicted molar refractivity (Wildman–Crippen MR) is 378 cm³/mol. The average Bonchev–Trinajstić information content (AvgIpc) is 3.70. The lowest BCUT2D eigenvalue weighted by atomic mass is 10.0. The van der Waals surface area contributed by atoms with Gasteiger partial charge in [0.05, 0.1) is 33.8 Å². The number of allylic oxidation sites excluding steroid dienone is 11. The zero-order valence-electron chi connectivity index (χ0n) is 58.3. The highest BCUT2D eigenvalue weighted by Crippen LogP contribution is 2.43. The predicted octanol–water partition coefficient (Wildman–Crippen LogP) is 23.9. The van der Waals surface area contributed by atoms with Crippen molar-refractivity contribution in [2.24, 2.45) is 0 Å². The van der Waals surface area contributed by atoms with Gasteiger partial charge in [-0.05, 0) is 76.7 Å². The Labute approximate surface area is 540 Å². The Morgan fingerprint density at radius 1 is 0.414 bits per heavy atom. The lowest BCUT2D eigenvalue weighted by molar-refractivity contribution is -0.870. The van der Waals surface area contributed by atoms with E-state index in [1.165, 1.54) is 218 Å². The number of likely N-dealkylation sites (N-methyl/N-ethyl adjacent to an activating group) is 1. The molecule has 0 aliphatic rings. The summed E-state index contributed by atoms with van der Waals surface area (Å²) < 4.78 is 30.8. The number of esters is 1. The third-order valence-corrected chi connectivity index (χ3v) is 17.6. The molecule has 3 unspecified atom stereocenters. The summed E-state index contributed by atoms with van der Waals surface area (Å²) in [7, 11) is 1.49. The van der Waals surface area contributed by atoms with E-state index in [0.29, 0.717) is 23.9 Å². The molecule has 0 heterocycles. The summed E-state index contributed by atoms with van der Waals surface area (Å²) in [6, 6.07) is -0.856. The van der Waals surface area contributed by atoms with Crippen LogP contribution in [-0.2, 0) is 27.9 Å². The molecule has 3 atom stereocenters. The molecule has 0 radical (unpaired) electrons. The minimum atomic E-state index is -4.46. The van der Waals surface area contributed by atoms with Crippen molar-refractivity contribution in [2.75, 3.05) is 40.9 Å². The zero-order valence-corrected chi connectivity index (χ0v) is 59.2. The highest BCUT2D eigenvalue weighted by molar-refractivity contribution is 7.47. The van der Waals surface area contributed by atoms with Crippen LogP contribution in [0.25, 0.3) is 0 Å². The van der Waals surface area contributed by atoms with Crippen LogP contribution >= 0.6 is 7.82 Å². The van der Waals surface area contributed by atoms with Gasteiger partial charge < -0.3 is 19.4 Å². The first-order chi connectivity index (χ1) is 42.4. The summed E-state index contributed by atoms with van der Waals surface area (Å²) in [5.74, 6) is -0.505.